The Bertz CT molecular complexity index is 435. The molecule has 0 saturated heterocycles. The summed E-state index contributed by atoms with van der Waals surface area (Å²) in [5.41, 5.74) is 3.62. The molecule has 1 aromatic rings. The Hall–Kier alpha value is 0.602. The summed E-state index contributed by atoms with van der Waals surface area (Å²) in [7, 11) is 0.101. The number of hydrogen-bond donors (Lipinski definition) is 0. The molecule has 0 aliphatic heterocycles. The molecule has 0 heterocycles. The van der Waals surface area contributed by atoms with Gasteiger partial charge in [-0.15, -0.1) is 0 Å². The molecular weight excluding hydrogens is 413 g/mol. The van der Waals surface area contributed by atoms with Crippen LogP contribution in [0.25, 0.3) is 0 Å². The molecule has 1 aromatic carbocycles. The summed E-state index contributed by atoms with van der Waals surface area (Å²) in [6.07, 6.45) is 12.0. The fourth-order valence-corrected chi connectivity index (χ4v) is 7.97. The molecule has 0 spiro atoms. The Morgan fingerprint density at radius 1 is 1.04 bits per heavy atom. The maximum atomic E-state index is 4.93. The van der Waals surface area contributed by atoms with Crippen molar-refractivity contribution >= 4 is 24.8 Å². The maximum absolute atomic E-state index is 4.93. The van der Waals surface area contributed by atoms with E-state index < -0.39 is 0 Å². The van der Waals surface area contributed by atoms with Gasteiger partial charge >= 0.3 is 35.2 Å². The van der Waals surface area contributed by atoms with E-state index in [-0.39, 0.29) is 7.92 Å². The molecule has 0 nitrogen and oxygen atoms in total. The molecule has 3 rings (SSSR count). The molecule has 0 amide bonds. The number of alkyl halides is 1. The zero-order valence-electron chi connectivity index (χ0n) is 14.5. The van der Waals surface area contributed by atoms with E-state index in [0.29, 0.717) is 10.3 Å². The van der Waals surface area contributed by atoms with Crippen LogP contribution in [0.3, 0.4) is 0 Å². The van der Waals surface area contributed by atoms with Crippen LogP contribution in [0.4, 0.5) is 0 Å². The molecule has 2 aliphatic rings. The first-order chi connectivity index (χ1) is 11.2. The molecule has 0 atom stereocenters. The first-order valence-corrected chi connectivity index (χ1v) is 12.2. The summed E-state index contributed by atoms with van der Waals surface area (Å²) in [4.78, 5) is 0. The van der Waals surface area contributed by atoms with Crippen molar-refractivity contribution in [2.45, 2.75) is 82.4 Å². The Morgan fingerprint density at radius 2 is 1.52 bits per heavy atom. The first kappa shape index (κ1) is 19.9. The van der Waals surface area contributed by atoms with Crippen LogP contribution >= 0.6 is 19.5 Å². The van der Waals surface area contributed by atoms with Crippen molar-refractivity contribution < 1.29 is 19.2 Å². The Labute approximate surface area is 160 Å². The third-order valence-electron chi connectivity index (χ3n) is 5.27. The van der Waals surface area contributed by atoms with Crippen molar-refractivity contribution in [1.29, 1.82) is 0 Å². The molecule has 0 unspecified atom stereocenters. The normalized spacial score (nSPS) is 19.4. The molecule has 0 radical (unpaired) electrons. The minimum absolute atomic E-state index is 0.101. The molecule has 0 aromatic heterocycles. The van der Waals surface area contributed by atoms with Crippen molar-refractivity contribution in [2.75, 3.05) is 4.35 Å². The van der Waals surface area contributed by atoms with Gasteiger partial charge < -0.3 is 0 Å². The predicted octanol–water partition coefficient (Wildman–Crippen LogP) is 6.53. The standard InChI is InChI=1S/C19H29P.CH2Cl.Pd/c1-15(2)16-8-7-13-19(14-16)20(17-9-3-4-10-17)18-11-5-6-12-18;1-2;/h7-8,13-15,17-18H,3-6,9-12H2,1-2H3;1H2;. The third kappa shape index (κ3) is 5.82. The first-order valence-electron chi connectivity index (χ1n) is 9.13. The fourth-order valence-electron chi connectivity index (χ4n) is 4.13. The second-order valence-electron chi connectivity index (χ2n) is 7.12. The second kappa shape index (κ2) is 10.6. The van der Waals surface area contributed by atoms with E-state index in [4.69, 9.17) is 11.6 Å². The fraction of sp³-hybridized carbons (Fsp3) is 0.700. The van der Waals surface area contributed by atoms with Gasteiger partial charge in [-0.1, -0.05) is 71.7 Å². The van der Waals surface area contributed by atoms with Gasteiger partial charge in [0.15, 0.2) is 0 Å². The van der Waals surface area contributed by atoms with Crippen LogP contribution in [0.1, 0.15) is 76.7 Å². The van der Waals surface area contributed by atoms with Crippen LogP contribution in [0.5, 0.6) is 0 Å². The zero-order chi connectivity index (χ0) is 16.7. The second-order valence-corrected chi connectivity index (χ2v) is 11.3. The summed E-state index contributed by atoms with van der Waals surface area (Å²) < 4.78 is 0.572. The van der Waals surface area contributed by atoms with Crippen molar-refractivity contribution in [2.24, 2.45) is 0 Å². The number of hydrogen-bond acceptors (Lipinski definition) is 0. The van der Waals surface area contributed by atoms with E-state index in [1.165, 1.54) is 51.4 Å². The van der Waals surface area contributed by atoms with E-state index in [9.17, 15) is 0 Å². The summed E-state index contributed by atoms with van der Waals surface area (Å²) in [6.45, 7) is 4.65. The van der Waals surface area contributed by atoms with Gasteiger partial charge in [0.25, 0.3) is 0 Å². The minimum atomic E-state index is 0.101. The Balaban J connectivity index is 0.000000595. The monoisotopic (exact) mass is 443 g/mol. The van der Waals surface area contributed by atoms with E-state index >= 15 is 0 Å². The number of rotatable bonds is 4. The summed E-state index contributed by atoms with van der Waals surface area (Å²) in [5, 5.41) is 1.73. The van der Waals surface area contributed by atoms with E-state index in [1.54, 1.807) is 10.9 Å². The van der Waals surface area contributed by atoms with Crippen LogP contribution in [0, 0.1) is 0 Å². The van der Waals surface area contributed by atoms with Gasteiger partial charge in [0.1, 0.15) is 0 Å². The van der Waals surface area contributed by atoms with Gasteiger partial charge in [-0.05, 0) is 53.8 Å². The Kier molecular flexibility index (Phi) is 9.15. The molecule has 0 N–H and O–H groups in total. The van der Waals surface area contributed by atoms with E-state index in [1.807, 2.05) is 0 Å². The molecule has 3 heteroatoms. The third-order valence-corrected chi connectivity index (χ3v) is 8.75. The molecule has 0 bridgehead atoms. The Morgan fingerprint density at radius 3 is 1.96 bits per heavy atom. The molecule has 2 fully saturated rings. The van der Waals surface area contributed by atoms with Crippen LogP contribution in [0.2, 0.25) is 0 Å². The van der Waals surface area contributed by atoms with Crippen LogP contribution in [-0.4, -0.2) is 15.7 Å². The van der Waals surface area contributed by atoms with Crippen LogP contribution in [-0.2, 0) is 19.2 Å². The zero-order valence-corrected chi connectivity index (χ0v) is 17.8. The van der Waals surface area contributed by atoms with Gasteiger partial charge in [0.2, 0.25) is 0 Å². The molecular formula is C20H31ClPPd. The molecule has 133 valence electrons. The van der Waals surface area contributed by atoms with Crippen molar-refractivity contribution in [3.05, 3.63) is 29.8 Å². The molecule has 2 aliphatic carbocycles. The summed E-state index contributed by atoms with van der Waals surface area (Å²) in [6, 6.07) is 9.66. The number of halogens is 1. The quantitative estimate of drug-likeness (QED) is 0.281. The molecule has 23 heavy (non-hydrogen) atoms. The van der Waals surface area contributed by atoms with Crippen molar-refractivity contribution in [1.82, 2.24) is 0 Å². The van der Waals surface area contributed by atoms with E-state index in [0.717, 1.165) is 11.3 Å². The van der Waals surface area contributed by atoms with Gasteiger partial charge in [-0.3, -0.25) is 0 Å². The summed E-state index contributed by atoms with van der Waals surface area (Å²) >= 11 is 7.64. The van der Waals surface area contributed by atoms with Gasteiger partial charge in [-0.2, -0.15) is 0 Å². The average Bonchev–Trinajstić information content (AvgIpc) is 3.23. The van der Waals surface area contributed by atoms with Gasteiger partial charge in [-0.25, -0.2) is 0 Å². The van der Waals surface area contributed by atoms with Gasteiger partial charge in [0.05, 0.1) is 0 Å². The average molecular weight is 444 g/mol. The SMILES string of the molecule is CC(C)c1cccc(P(C2CCCC2)C2CCCC2)c1.Cl[CH2][Pd]. The van der Waals surface area contributed by atoms with E-state index in [2.05, 4.69) is 57.3 Å². The van der Waals surface area contributed by atoms with Crippen molar-refractivity contribution in [3.63, 3.8) is 0 Å². The van der Waals surface area contributed by atoms with Crippen LogP contribution < -0.4 is 5.30 Å². The molecule has 2 saturated carbocycles. The van der Waals surface area contributed by atoms with Crippen molar-refractivity contribution in [3.8, 4) is 0 Å². The number of benzene rings is 1. The van der Waals surface area contributed by atoms with Crippen LogP contribution in [0.15, 0.2) is 24.3 Å². The predicted molar refractivity (Wildman–Crippen MR) is 102 cm³/mol. The summed E-state index contributed by atoms with van der Waals surface area (Å²) in [5.74, 6) is 0.666. The van der Waals surface area contributed by atoms with Gasteiger partial charge in [0, 0.05) is 0 Å². The topological polar surface area (TPSA) is 0 Å².